The molecule has 2 unspecified atom stereocenters. The number of rotatable bonds is 6. The van der Waals surface area contributed by atoms with Crippen molar-refractivity contribution in [2.75, 3.05) is 6.61 Å². The van der Waals surface area contributed by atoms with E-state index in [1.165, 1.54) is 6.07 Å². The molecule has 0 fully saturated rings. The van der Waals surface area contributed by atoms with E-state index in [-0.39, 0.29) is 33.4 Å². The van der Waals surface area contributed by atoms with E-state index in [1.807, 2.05) is 6.92 Å². The molecule has 0 amide bonds. The molecule has 7 heteroatoms. The van der Waals surface area contributed by atoms with Crippen molar-refractivity contribution >= 4 is 52.4 Å². The average Bonchev–Trinajstić information content (AvgIpc) is 2.35. The van der Waals surface area contributed by atoms with Crippen LogP contribution in [0.4, 0.5) is 0 Å². The molecule has 1 aromatic carbocycles. The Morgan fingerprint density at radius 3 is 2.43 bits per heavy atom. The van der Waals surface area contributed by atoms with Crippen molar-refractivity contribution in [3.63, 3.8) is 0 Å². The first-order chi connectivity index (χ1) is 9.77. The number of halogens is 4. The van der Waals surface area contributed by atoms with Crippen LogP contribution in [0.3, 0.4) is 0 Å². The van der Waals surface area contributed by atoms with Gasteiger partial charge in [0, 0.05) is 23.0 Å². The van der Waals surface area contributed by atoms with Gasteiger partial charge >= 0.3 is 5.97 Å². The maximum atomic E-state index is 11.5. The Balaban J connectivity index is 2.83. The van der Waals surface area contributed by atoms with Gasteiger partial charge in [-0.15, -0.1) is 0 Å². The van der Waals surface area contributed by atoms with E-state index in [4.69, 9.17) is 56.9 Å². The quantitative estimate of drug-likeness (QED) is 0.419. The largest absolute Gasteiger partial charge is 0.466 e. The van der Waals surface area contributed by atoms with E-state index < -0.39 is 6.04 Å². The Kier molecular flexibility index (Phi) is 7.58. The zero-order chi connectivity index (χ0) is 16.2. The van der Waals surface area contributed by atoms with E-state index >= 15 is 0 Å². The van der Waals surface area contributed by atoms with Crippen LogP contribution < -0.4 is 5.73 Å². The molecule has 0 heterocycles. The van der Waals surface area contributed by atoms with Crippen LogP contribution in [-0.2, 0) is 9.53 Å². The molecule has 118 valence electrons. The zero-order valence-corrected chi connectivity index (χ0v) is 14.8. The van der Waals surface area contributed by atoms with Gasteiger partial charge in [0.25, 0.3) is 0 Å². The third-order valence-electron chi connectivity index (χ3n) is 3.00. The Morgan fingerprint density at radius 2 is 1.86 bits per heavy atom. The molecule has 2 N–H and O–H groups in total. The number of ether oxygens (including phenoxy) is 1. The van der Waals surface area contributed by atoms with E-state index in [0.29, 0.717) is 23.6 Å². The van der Waals surface area contributed by atoms with E-state index in [2.05, 4.69) is 0 Å². The van der Waals surface area contributed by atoms with Crippen LogP contribution in [-0.4, -0.2) is 12.6 Å². The van der Waals surface area contributed by atoms with Crippen molar-refractivity contribution in [2.45, 2.75) is 32.7 Å². The predicted octanol–water partition coefficient (Wildman–Crippen LogP) is 5.28. The molecule has 0 bridgehead atoms. The van der Waals surface area contributed by atoms with Crippen molar-refractivity contribution in [3.8, 4) is 0 Å². The Bertz CT molecular complexity index is 522. The highest BCUT2D eigenvalue weighted by Crippen LogP contribution is 2.41. The van der Waals surface area contributed by atoms with Crippen LogP contribution in [0, 0.1) is 5.92 Å². The van der Waals surface area contributed by atoms with Gasteiger partial charge in [-0.05, 0) is 25.3 Å². The van der Waals surface area contributed by atoms with Crippen LogP contribution in [0.5, 0.6) is 0 Å². The molecule has 0 aliphatic heterocycles. The number of hydrogen-bond acceptors (Lipinski definition) is 3. The first-order valence-corrected chi connectivity index (χ1v) is 8.03. The van der Waals surface area contributed by atoms with Crippen LogP contribution in [0.1, 0.15) is 38.3 Å². The Morgan fingerprint density at radius 1 is 1.24 bits per heavy atom. The zero-order valence-electron chi connectivity index (χ0n) is 11.8. The highest BCUT2D eigenvalue weighted by atomic mass is 35.5. The summed E-state index contributed by atoms with van der Waals surface area (Å²) in [6.45, 7) is 4.04. The van der Waals surface area contributed by atoms with Crippen molar-refractivity contribution in [1.29, 1.82) is 0 Å². The molecule has 0 spiro atoms. The summed E-state index contributed by atoms with van der Waals surface area (Å²) in [6, 6.07) is 1.08. The highest BCUT2D eigenvalue weighted by Gasteiger charge is 2.22. The van der Waals surface area contributed by atoms with Gasteiger partial charge in [-0.3, -0.25) is 4.79 Å². The lowest BCUT2D eigenvalue weighted by Crippen LogP contribution is -2.18. The van der Waals surface area contributed by atoms with Gasteiger partial charge in [0.15, 0.2) is 0 Å². The summed E-state index contributed by atoms with van der Waals surface area (Å²) in [5.74, 6) is -0.218. The normalized spacial score (nSPS) is 13.9. The van der Waals surface area contributed by atoms with E-state index in [9.17, 15) is 4.79 Å². The maximum absolute atomic E-state index is 11.5. The topological polar surface area (TPSA) is 52.3 Å². The van der Waals surface area contributed by atoms with Crippen molar-refractivity contribution in [3.05, 3.63) is 31.7 Å². The summed E-state index contributed by atoms with van der Waals surface area (Å²) in [5.41, 5.74) is 6.69. The van der Waals surface area contributed by atoms with Gasteiger partial charge in [-0.2, -0.15) is 0 Å². The molecule has 0 aliphatic carbocycles. The number of carbonyl (C=O) groups is 1. The second-order valence-corrected chi connectivity index (χ2v) is 6.41. The van der Waals surface area contributed by atoms with E-state index in [0.717, 1.165) is 0 Å². The third kappa shape index (κ3) is 5.19. The van der Waals surface area contributed by atoms with Gasteiger partial charge in [0.05, 0.1) is 21.7 Å². The molecule has 21 heavy (non-hydrogen) atoms. The molecule has 1 aromatic rings. The molecule has 0 saturated carbocycles. The lowest BCUT2D eigenvalue weighted by molar-refractivity contribution is -0.144. The van der Waals surface area contributed by atoms with Crippen LogP contribution in [0.25, 0.3) is 0 Å². The maximum Gasteiger partial charge on any atom is 0.306 e. The van der Waals surface area contributed by atoms with Gasteiger partial charge in [-0.1, -0.05) is 53.3 Å². The third-order valence-corrected chi connectivity index (χ3v) is 4.59. The molecular weight excluding hydrogens is 356 g/mol. The van der Waals surface area contributed by atoms with Gasteiger partial charge in [0.1, 0.15) is 0 Å². The average molecular weight is 373 g/mol. The monoisotopic (exact) mass is 371 g/mol. The second-order valence-electron chi connectivity index (χ2n) is 4.84. The number of nitrogens with two attached hydrogens (primary N) is 1. The molecule has 0 radical (unpaired) electrons. The first-order valence-electron chi connectivity index (χ1n) is 6.51. The van der Waals surface area contributed by atoms with Gasteiger partial charge in [0.2, 0.25) is 0 Å². The Hall–Kier alpha value is -0.190. The van der Waals surface area contributed by atoms with Crippen LogP contribution in [0.15, 0.2) is 6.07 Å². The SMILES string of the molecule is CCOC(=O)CC(C)CC(N)c1c(Cl)cc(Cl)c(Cl)c1Cl. The lowest BCUT2D eigenvalue weighted by Gasteiger charge is -2.20. The fraction of sp³-hybridized carbons (Fsp3) is 0.500. The molecule has 0 saturated heterocycles. The summed E-state index contributed by atoms with van der Waals surface area (Å²) < 4.78 is 4.91. The molecule has 0 aliphatic rings. The number of esters is 1. The fourth-order valence-electron chi connectivity index (χ4n) is 2.06. The van der Waals surface area contributed by atoms with Gasteiger partial charge < -0.3 is 10.5 Å². The van der Waals surface area contributed by atoms with Gasteiger partial charge in [-0.25, -0.2) is 0 Å². The summed E-state index contributed by atoms with van der Waals surface area (Å²) in [7, 11) is 0. The number of hydrogen-bond donors (Lipinski definition) is 1. The Labute approximate surface area is 144 Å². The molecule has 3 nitrogen and oxygen atoms in total. The molecule has 0 aromatic heterocycles. The summed E-state index contributed by atoms with van der Waals surface area (Å²) >= 11 is 24.2. The minimum absolute atomic E-state index is 0.0284. The smallest absolute Gasteiger partial charge is 0.306 e. The van der Waals surface area contributed by atoms with Crippen LogP contribution in [0.2, 0.25) is 20.1 Å². The van der Waals surface area contributed by atoms with Crippen molar-refractivity contribution in [1.82, 2.24) is 0 Å². The predicted molar refractivity (Wildman–Crippen MR) is 88.4 cm³/mol. The highest BCUT2D eigenvalue weighted by molar-refractivity contribution is 6.49. The second kappa shape index (κ2) is 8.44. The summed E-state index contributed by atoms with van der Waals surface area (Å²) in [5, 5.41) is 1.13. The summed E-state index contributed by atoms with van der Waals surface area (Å²) in [4.78, 5) is 11.5. The summed E-state index contributed by atoms with van der Waals surface area (Å²) in [6.07, 6.45) is 0.814. The molecular formula is C14H17Cl4NO2. The standard InChI is InChI=1S/C14H17Cl4NO2/c1-3-21-11(20)5-7(2)4-10(19)12-8(15)6-9(16)13(17)14(12)18/h6-7,10H,3-5,19H2,1-2H3. The minimum atomic E-state index is -0.441. The lowest BCUT2D eigenvalue weighted by atomic mass is 9.94. The van der Waals surface area contributed by atoms with Crippen molar-refractivity contribution < 1.29 is 9.53 Å². The van der Waals surface area contributed by atoms with Crippen molar-refractivity contribution in [2.24, 2.45) is 11.7 Å². The molecule has 1 rings (SSSR count). The number of carbonyl (C=O) groups excluding carboxylic acids is 1. The number of benzene rings is 1. The van der Waals surface area contributed by atoms with E-state index in [1.54, 1.807) is 6.92 Å². The first kappa shape index (κ1) is 18.9. The van der Waals surface area contributed by atoms with Crippen LogP contribution >= 0.6 is 46.4 Å². The fourth-order valence-corrected chi connectivity index (χ4v) is 3.26. The molecule has 2 atom stereocenters. The minimum Gasteiger partial charge on any atom is -0.466 e.